The van der Waals surface area contributed by atoms with Crippen molar-refractivity contribution in [3.63, 3.8) is 0 Å². The minimum absolute atomic E-state index is 0.0735. The second kappa shape index (κ2) is 7.35. The van der Waals surface area contributed by atoms with Gasteiger partial charge in [0.25, 0.3) is 5.56 Å². The number of nitrogens with one attached hydrogen (secondary N) is 1. The minimum atomic E-state index is -0.475. The first kappa shape index (κ1) is 14.9. The third-order valence-electron chi connectivity index (χ3n) is 2.49. The van der Waals surface area contributed by atoms with Crippen LogP contribution in [0.15, 0.2) is 11.0 Å². The zero-order chi connectivity index (χ0) is 13.5. The highest BCUT2D eigenvalue weighted by Gasteiger charge is 2.10. The third-order valence-corrected chi connectivity index (χ3v) is 2.86. The maximum Gasteiger partial charge on any atom is 0.287 e. The molecule has 0 aliphatic carbocycles. The highest BCUT2D eigenvalue weighted by molar-refractivity contribution is 6.32. The first-order chi connectivity index (χ1) is 8.60. The van der Waals surface area contributed by atoms with E-state index >= 15 is 0 Å². The monoisotopic (exact) mass is 275 g/mol. The first-order valence-electron chi connectivity index (χ1n) is 5.76. The molecule has 1 aromatic heterocycles. The highest BCUT2D eigenvalue weighted by atomic mass is 35.5. The SMILES string of the molecule is CCC(O)CNc1cnn(CCOC)c(=O)c1Cl. The average Bonchev–Trinajstić information content (AvgIpc) is 2.39. The summed E-state index contributed by atoms with van der Waals surface area (Å²) in [5.41, 5.74) is 0.0625. The van der Waals surface area contributed by atoms with E-state index in [0.717, 1.165) is 0 Å². The molecule has 0 amide bonds. The van der Waals surface area contributed by atoms with Gasteiger partial charge in [0.05, 0.1) is 31.1 Å². The molecular weight excluding hydrogens is 258 g/mol. The smallest absolute Gasteiger partial charge is 0.287 e. The van der Waals surface area contributed by atoms with Crippen molar-refractivity contribution in [2.24, 2.45) is 0 Å². The van der Waals surface area contributed by atoms with E-state index in [4.69, 9.17) is 16.3 Å². The molecule has 0 bridgehead atoms. The van der Waals surface area contributed by atoms with Crippen LogP contribution in [0.2, 0.25) is 5.02 Å². The number of aliphatic hydroxyl groups is 1. The Hall–Kier alpha value is -1.11. The molecule has 1 unspecified atom stereocenters. The van der Waals surface area contributed by atoms with Crippen LogP contribution in [0.1, 0.15) is 13.3 Å². The van der Waals surface area contributed by atoms with Gasteiger partial charge in [-0.25, -0.2) is 4.68 Å². The summed E-state index contributed by atoms with van der Waals surface area (Å²) in [7, 11) is 1.55. The number of nitrogens with zero attached hydrogens (tertiary/aromatic N) is 2. The fourth-order valence-electron chi connectivity index (χ4n) is 1.30. The Morgan fingerprint density at radius 3 is 3.00 bits per heavy atom. The molecule has 1 rings (SSSR count). The molecule has 0 saturated heterocycles. The Labute approximate surface area is 111 Å². The summed E-state index contributed by atoms with van der Waals surface area (Å²) in [5, 5.41) is 16.4. The Kier molecular flexibility index (Phi) is 6.11. The largest absolute Gasteiger partial charge is 0.391 e. The van der Waals surface area contributed by atoms with E-state index in [1.165, 1.54) is 10.9 Å². The molecular formula is C11H18ClN3O3. The highest BCUT2D eigenvalue weighted by Crippen LogP contribution is 2.15. The van der Waals surface area contributed by atoms with Crippen molar-refractivity contribution in [2.45, 2.75) is 26.0 Å². The summed E-state index contributed by atoms with van der Waals surface area (Å²) in [4.78, 5) is 11.8. The van der Waals surface area contributed by atoms with Gasteiger partial charge in [-0.2, -0.15) is 5.10 Å². The number of halogens is 1. The fourth-order valence-corrected chi connectivity index (χ4v) is 1.51. The molecule has 0 spiro atoms. The standard InChI is InChI=1S/C11H18ClN3O3/c1-3-8(16)6-13-9-7-14-15(4-5-18-2)11(17)10(9)12/h7-8,13,16H,3-6H2,1-2H3. The van der Waals surface area contributed by atoms with E-state index in [1.54, 1.807) is 7.11 Å². The van der Waals surface area contributed by atoms with Crippen LogP contribution in [0, 0.1) is 0 Å². The van der Waals surface area contributed by atoms with Gasteiger partial charge in [-0.3, -0.25) is 4.79 Å². The maximum absolute atomic E-state index is 11.8. The summed E-state index contributed by atoms with van der Waals surface area (Å²) >= 11 is 5.95. The predicted molar refractivity (Wildman–Crippen MR) is 70.2 cm³/mol. The molecule has 1 heterocycles. The van der Waals surface area contributed by atoms with E-state index in [0.29, 0.717) is 31.8 Å². The maximum atomic E-state index is 11.8. The van der Waals surface area contributed by atoms with Crippen molar-refractivity contribution in [1.82, 2.24) is 9.78 Å². The molecule has 0 fully saturated rings. The number of ether oxygens (including phenoxy) is 1. The lowest BCUT2D eigenvalue weighted by molar-refractivity contribution is 0.181. The predicted octanol–water partition coefficient (Wildman–Crippen LogP) is 0.726. The molecule has 6 nitrogen and oxygen atoms in total. The van der Waals surface area contributed by atoms with Crippen molar-refractivity contribution < 1.29 is 9.84 Å². The van der Waals surface area contributed by atoms with Gasteiger partial charge in [0, 0.05) is 13.7 Å². The molecule has 1 atom stereocenters. The van der Waals surface area contributed by atoms with Gasteiger partial charge in [0.1, 0.15) is 5.02 Å². The second-order valence-corrected chi connectivity index (χ2v) is 4.21. The van der Waals surface area contributed by atoms with Crippen LogP contribution in [-0.4, -0.2) is 41.3 Å². The van der Waals surface area contributed by atoms with Crippen molar-refractivity contribution in [3.8, 4) is 0 Å². The number of methoxy groups -OCH3 is 1. The summed E-state index contributed by atoms with van der Waals surface area (Å²) in [6.07, 6.45) is 1.63. The number of anilines is 1. The van der Waals surface area contributed by atoms with Crippen LogP contribution in [0.25, 0.3) is 0 Å². The van der Waals surface area contributed by atoms with Crippen molar-refractivity contribution in [1.29, 1.82) is 0 Å². The van der Waals surface area contributed by atoms with Crippen LogP contribution in [0.5, 0.6) is 0 Å². The van der Waals surface area contributed by atoms with Crippen LogP contribution in [-0.2, 0) is 11.3 Å². The lowest BCUT2D eigenvalue weighted by atomic mass is 10.3. The van der Waals surface area contributed by atoms with Crippen LogP contribution in [0.3, 0.4) is 0 Å². The molecule has 1 aromatic rings. The normalized spacial score (nSPS) is 12.4. The average molecular weight is 276 g/mol. The van der Waals surface area contributed by atoms with E-state index in [9.17, 15) is 9.90 Å². The Balaban J connectivity index is 2.77. The van der Waals surface area contributed by atoms with E-state index in [1.807, 2.05) is 6.92 Å². The molecule has 0 saturated carbocycles. The van der Waals surface area contributed by atoms with Crippen LogP contribution in [0.4, 0.5) is 5.69 Å². The van der Waals surface area contributed by atoms with Gasteiger partial charge in [-0.15, -0.1) is 0 Å². The quantitative estimate of drug-likeness (QED) is 0.767. The summed E-state index contributed by atoms with van der Waals surface area (Å²) in [5.74, 6) is 0. The van der Waals surface area contributed by atoms with Crippen molar-refractivity contribution in [2.75, 3.05) is 25.6 Å². The third kappa shape index (κ3) is 3.97. The lowest BCUT2D eigenvalue weighted by Crippen LogP contribution is -2.27. The Morgan fingerprint density at radius 1 is 1.67 bits per heavy atom. The molecule has 2 N–H and O–H groups in total. The molecule has 0 aliphatic heterocycles. The summed E-state index contributed by atoms with van der Waals surface area (Å²) in [6, 6.07) is 0. The molecule has 0 aromatic carbocycles. The second-order valence-electron chi connectivity index (χ2n) is 3.84. The van der Waals surface area contributed by atoms with E-state index in [2.05, 4.69) is 10.4 Å². The first-order valence-corrected chi connectivity index (χ1v) is 6.14. The number of aromatic nitrogens is 2. The van der Waals surface area contributed by atoms with Gasteiger partial charge >= 0.3 is 0 Å². The number of hydrogen-bond acceptors (Lipinski definition) is 5. The van der Waals surface area contributed by atoms with Crippen molar-refractivity contribution in [3.05, 3.63) is 21.6 Å². The minimum Gasteiger partial charge on any atom is -0.391 e. The van der Waals surface area contributed by atoms with Gasteiger partial charge in [0.2, 0.25) is 0 Å². The number of hydrogen-bond donors (Lipinski definition) is 2. The Bertz CT molecular complexity index is 436. The zero-order valence-electron chi connectivity index (χ0n) is 10.5. The zero-order valence-corrected chi connectivity index (χ0v) is 11.3. The number of rotatable bonds is 7. The molecule has 18 heavy (non-hydrogen) atoms. The van der Waals surface area contributed by atoms with Crippen molar-refractivity contribution >= 4 is 17.3 Å². The van der Waals surface area contributed by atoms with E-state index < -0.39 is 6.10 Å². The van der Waals surface area contributed by atoms with Crippen LogP contribution < -0.4 is 10.9 Å². The summed E-state index contributed by atoms with van der Waals surface area (Å²) < 4.78 is 6.12. The van der Waals surface area contributed by atoms with Gasteiger partial charge in [-0.05, 0) is 6.42 Å². The van der Waals surface area contributed by atoms with Gasteiger partial charge < -0.3 is 15.2 Å². The summed E-state index contributed by atoms with van der Waals surface area (Å²) in [6.45, 7) is 2.95. The lowest BCUT2D eigenvalue weighted by Gasteiger charge is -2.12. The number of aliphatic hydroxyl groups excluding tert-OH is 1. The molecule has 0 aliphatic rings. The molecule has 102 valence electrons. The molecule has 0 radical (unpaired) electrons. The van der Waals surface area contributed by atoms with E-state index in [-0.39, 0.29) is 10.6 Å². The fraction of sp³-hybridized carbons (Fsp3) is 0.636. The Morgan fingerprint density at radius 2 is 2.39 bits per heavy atom. The topological polar surface area (TPSA) is 76.4 Å². The van der Waals surface area contributed by atoms with Crippen LogP contribution >= 0.6 is 11.6 Å². The van der Waals surface area contributed by atoms with Gasteiger partial charge in [-0.1, -0.05) is 18.5 Å². The van der Waals surface area contributed by atoms with Gasteiger partial charge in [0.15, 0.2) is 0 Å². The molecule has 7 heteroatoms.